The number of nitrogens with zero attached hydrogens (tertiary/aromatic N) is 2. The Morgan fingerprint density at radius 1 is 1.25 bits per heavy atom. The molecule has 2 heterocycles. The number of imidazole rings is 1. The molecule has 0 aliphatic heterocycles. The minimum Gasteiger partial charge on any atom is -0.392 e. The maximum absolute atomic E-state index is 9.10. The highest BCUT2D eigenvalue weighted by Gasteiger charge is 2.02. The molecule has 2 aromatic heterocycles. The van der Waals surface area contributed by atoms with Crippen molar-refractivity contribution in [3.8, 4) is 0 Å². The summed E-state index contributed by atoms with van der Waals surface area (Å²) >= 11 is 0. The van der Waals surface area contributed by atoms with Crippen molar-refractivity contribution >= 4 is 16.6 Å². The van der Waals surface area contributed by atoms with E-state index in [9.17, 15) is 0 Å². The molecule has 1 N–H and O–H groups in total. The van der Waals surface area contributed by atoms with E-state index in [0.29, 0.717) is 0 Å². The van der Waals surface area contributed by atoms with Gasteiger partial charge in [0.2, 0.25) is 0 Å². The molecule has 3 aromatic rings. The van der Waals surface area contributed by atoms with Crippen LogP contribution < -0.4 is 0 Å². The lowest BCUT2D eigenvalue weighted by molar-refractivity contribution is 0.282. The largest absolute Gasteiger partial charge is 0.392 e. The third kappa shape index (κ3) is 1.29. The van der Waals surface area contributed by atoms with Crippen molar-refractivity contribution in [3.63, 3.8) is 0 Å². The molecule has 1 aromatic carbocycles. The molecular weight excluding hydrogens is 200 g/mol. The smallest absolute Gasteiger partial charge is 0.137 e. The number of pyridine rings is 1. The van der Waals surface area contributed by atoms with E-state index in [1.807, 2.05) is 43.5 Å². The first-order valence-corrected chi connectivity index (χ1v) is 5.26. The van der Waals surface area contributed by atoms with E-state index in [0.717, 1.165) is 27.8 Å². The maximum Gasteiger partial charge on any atom is 0.137 e. The van der Waals surface area contributed by atoms with Crippen molar-refractivity contribution in [1.82, 2.24) is 9.38 Å². The fourth-order valence-corrected chi connectivity index (χ4v) is 2.05. The Morgan fingerprint density at radius 2 is 2.12 bits per heavy atom. The van der Waals surface area contributed by atoms with Crippen LogP contribution in [-0.2, 0) is 6.61 Å². The number of fused-ring (bicyclic) bond motifs is 3. The van der Waals surface area contributed by atoms with Crippen molar-refractivity contribution in [2.45, 2.75) is 13.5 Å². The summed E-state index contributed by atoms with van der Waals surface area (Å²) in [5, 5.41) is 10.2. The molecular formula is C13H12N2O. The molecule has 0 radical (unpaired) electrons. The van der Waals surface area contributed by atoms with Crippen LogP contribution in [0.1, 0.15) is 11.3 Å². The minimum absolute atomic E-state index is 0.0803. The Bertz CT molecular complexity index is 670. The van der Waals surface area contributed by atoms with Gasteiger partial charge in [0, 0.05) is 6.20 Å². The van der Waals surface area contributed by atoms with Crippen LogP contribution in [-0.4, -0.2) is 14.5 Å². The minimum atomic E-state index is 0.0803. The second-order valence-corrected chi connectivity index (χ2v) is 4.00. The zero-order valence-corrected chi connectivity index (χ0v) is 9.01. The first-order valence-electron chi connectivity index (χ1n) is 5.26. The molecule has 0 unspecified atom stereocenters. The van der Waals surface area contributed by atoms with Crippen LogP contribution in [0.15, 0.2) is 36.5 Å². The van der Waals surface area contributed by atoms with E-state index in [2.05, 4.69) is 9.38 Å². The van der Waals surface area contributed by atoms with E-state index in [1.165, 1.54) is 0 Å². The quantitative estimate of drug-likeness (QED) is 0.672. The second-order valence-electron chi connectivity index (χ2n) is 4.00. The maximum atomic E-state index is 9.10. The zero-order valence-electron chi connectivity index (χ0n) is 9.01. The van der Waals surface area contributed by atoms with Gasteiger partial charge in [-0.25, -0.2) is 4.98 Å². The molecule has 0 amide bonds. The highest BCUT2D eigenvalue weighted by atomic mass is 16.3. The first kappa shape index (κ1) is 9.36. The molecule has 0 aliphatic rings. The molecule has 3 heteroatoms. The van der Waals surface area contributed by atoms with Gasteiger partial charge >= 0.3 is 0 Å². The van der Waals surface area contributed by atoms with Crippen LogP contribution >= 0.6 is 0 Å². The van der Waals surface area contributed by atoms with E-state index in [4.69, 9.17) is 5.11 Å². The van der Waals surface area contributed by atoms with Crippen molar-refractivity contribution in [3.05, 3.63) is 47.8 Å². The summed E-state index contributed by atoms with van der Waals surface area (Å²) in [5.41, 5.74) is 4.03. The Kier molecular flexibility index (Phi) is 1.94. The summed E-state index contributed by atoms with van der Waals surface area (Å²) in [6, 6.07) is 10.0. The van der Waals surface area contributed by atoms with E-state index >= 15 is 0 Å². The lowest BCUT2D eigenvalue weighted by atomic mass is 10.1. The third-order valence-corrected chi connectivity index (χ3v) is 2.80. The Labute approximate surface area is 93.0 Å². The fourth-order valence-electron chi connectivity index (χ4n) is 2.05. The number of aromatic nitrogens is 2. The van der Waals surface area contributed by atoms with Gasteiger partial charge in [0.15, 0.2) is 0 Å². The summed E-state index contributed by atoms with van der Waals surface area (Å²) < 4.78 is 2.08. The van der Waals surface area contributed by atoms with Crippen LogP contribution in [0, 0.1) is 6.92 Å². The molecule has 0 spiro atoms. The normalized spacial score (nSPS) is 11.4. The summed E-state index contributed by atoms with van der Waals surface area (Å²) in [6.07, 6.45) is 2.02. The average molecular weight is 212 g/mol. The molecule has 0 saturated heterocycles. The van der Waals surface area contributed by atoms with E-state index < -0.39 is 0 Å². The number of benzene rings is 1. The Morgan fingerprint density at radius 3 is 2.94 bits per heavy atom. The van der Waals surface area contributed by atoms with Crippen molar-refractivity contribution in [2.24, 2.45) is 0 Å². The van der Waals surface area contributed by atoms with Gasteiger partial charge in [0.05, 0.1) is 17.8 Å². The van der Waals surface area contributed by atoms with Gasteiger partial charge in [-0.2, -0.15) is 0 Å². The highest BCUT2D eigenvalue weighted by molar-refractivity contribution is 5.82. The van der Waals surface area contributed by atoms with Crippen molar-refractivity contribution in [2.75, 3.05) is 0 Å². The van der Waals surface area contributed by atoms with Crippen molar-refractivity contribution in [1.29, 1.82) is 0 Å². The van der Waals surface area contributed by atoms with Crippen LogP contribution in [0.2, 0.25) is 0 Å². The van der Waals surface area contributed by atoms with Crippen LogP contribution in [0.4, 0.5) is 0 Å². The Balaban J connectivity index is 2.42. The molecule has 0 fully saturated rings. The highest BCUT2D eigenvalue weighted by Crippen LogP contribution is 2.19. The molecule has 0 saturated carbocycles. The summed E-state index contributed by atoms with van der Waals surface area (Å²) in [4.78, 5) is 4.42. The monoisotopic (exact) mass is 212 g/mol. The number of aryl methyl sites for hydroxylation is 1. The topological polar surface area (TPSA) is 37.5 Å². The second kappa shape index (κ2) is 3.32. The third-order valence-electron chi connectivity index (χ3n) is 2.80. The van der Waals surface area contributed by atoms with E-state index in [1.54, 1.807) is 0 Å². The lowest BCUT2D eigenvalue weighted by Gasteiger charge is -2.03. The van der Waals surface area contributed by atoms with Gasteiger partial charge in [0.25, 0.3) is 0 Å². The van der Waals surface area contributed by atoms with Gasteiger partial charge in [-0.1, -0.05) is 6.07 Å². The molecule has 16 heavy (non-hydrogen) atoms. The van der Waals surface area contributed by atoms with Crippen LogP contribution in [0.5, 0.6) is 0 Å². The van der Waals surface area contributed by atoms with Gasteiger partial charge in [-0.3, -0.25) is 4.40 Å². The summed E-state index contributed by atoms with van der Waals surface area (Å²) in [5.74, 6) is 0. The summed E-state index contributed by atoms with van der Waals surface area (Å²) in [6.45, 7) is 2.07. The zero-order chi connectivity index (χ0) is 11.1. The Hall–Kier alpha value is -1.87. The number of aliphatic hydroxyl groups is 1. The van der Waals surface area contributed by atoms with Gasteiger partial charge in [-0.05, 0) is 42.1 Å². The predicted molar refractivity (Wildman–Crippen MR) is 63.4 cm³/mol. The average Bonchev–Trinajstić information content (AvgIpc) is 2.69. The number of aliphatic hydroxyl groups excluding tert-OH is 1. The molecule has 80 valence electrons. The number of rotatable bonds is 1. The molecule has 0 atom stereocenters. The molecule has 0 aliphatic carbocycles. The lowest BCUT2D eigenvalue weighted by Crippen LogP contribution is -1.89. The van der Waals surface area contributed by atoms with Gasteiger partial charge in [-0.15, -0.1) is 0 Å². The first-order chi connectivity index (χ1) is 7.78. The van der Waals surface area contributed by atoms with Crippen molar-refractivity contribution < 1.29 is 5.11 Å². The summed E-state index contributed by atoms with van der Waals surface area (Å²) in [7, 11) is 0. The van der Waals surface area contributed by atoms with Crippen LogP contribution in [0.25, 0.3) is 16.6 Å². The molecule has 3 nitrogen and oxygen atoms in total. The standard InChI is InChI=1S/C13H12N2O/c1-9-7-15-12-4-2-10(8-16)6-11(12)3-5-13(15)14-9/h2-7,16H,8H2,1H3. The number of hydrogen-bond donors (Lipinski definition) is 1. The molecule has 0 bridgehead atoms. The SMILES string of the molecule is Cc1cn2c(ccc3cc(CO)ccc32)n1. The predicted octanol–water partition coefficient (Wildman–Crippen LogP) is 2.29. The number of hydrogen-bond acceptors (Lipinski definition) is 2. The molecule has 3 rings (SSSR count). The fraction of sp³-hybridized carbons (Fsp3) is 0.154. The van der Waals surface area contributed by atoms with E-state index in [-0.39, 0.29) is 6.61 Å². The van der Waals surface area contributed by atoms with Gasteiger partial charge in [0.1, 0.15) is 5.65 Å². The van der Waals surface area contributed by atoms with Crippen LogP contribution in [0.3, 0.4) is 0 Å². The van der Waals surface area contributed by atoms with Gasteiger partial charge < -0.3 is 5.11 Å².